The van der Waals surface area contributed by atoms with Gasteiger partial charge in [-0.2, -0.15) is 0 Å². The molecule has 1 heterocycles. The van der Waals surface area contributed by atoms with Crippen LogP contribution >= 0.6 is 23.4 Å². The summed E-state index contributed by atoms with van der Waals surface area (Å²) in [5, 5.41) is 3.95. The van der Waals surface area contributed by atoms with Gasteiger partial charge in [-0.1, -0.05) is 68.8 Å². The number of anilines is 1. The standard InChI is InChI=1S/C19H31ClN4OS/c1-3-4-5-9-12-21-18(25)14-26-19-22-16(20)13-17(23-19)24(2)15-10-7-6-8-11-15/h13,15H,3-12,14H2,1-2H3,(H,21,25). The van der Waals surface area contributed by atoms with Crippen molar-refractivity contribution >= 4 is 35.1 Å². The number of unbranched alkanes of at least 4 members (excludes halogenated alkanes) is 3. The van der Waals surface area contributed by atoms with Gasteiger partial charge in [-0.05, 0) is 19.3 Å². The van der Waals surface area contributed by atoms with Gasteiger partial charge in [0, 0.05) is 25.7 Å². The Morgan fingerprint density at radius 3 is 2.77 bits per heavy atom. The van der Waals surface area contributed by atoms with E-state index in [-0.39, 0.29) is 5.91 Å². The molecule has 0 unspecified atom stereocenters. The van der Waals surface area contributed by atoms with Crippen LogP contribution in [0.4, 0.5) is 5.82 Å². The lowest BCUT2D eigenvalue weighted by atomic mass is 9.94. The summed E-state index contributed by atoms with van der Waals surface area (Å²) in [6, 6.07) is 2.33. The molecule has 0 aliphatic heterocycles. The molecule has 0 bridgehead atoms. The van der Waals surface area contributed by atoms with Crippen molar-refractivity contribution in [3.63, 3.8) is 0 Å². The van der Waals surface area contributed by atoms with E-state index in [0.717, 1.165) is 25.2 Å². The first-order valence-electron chi connectivity index (χ1n) is 9.77. The van der Waals surface area contributed by atoms with Gasteiger partial charge in [0.15, 0.2) is 5.16 Å². The molecule has 1 saturated carbocycles. The summed E-state index contributed by atoms with van der Waals surface area (Å²) in [5.74, 6) is 1.19. The van der Waals surface area contributed by atoms with Crippen molar-refractivity contribution in [2.45, 2.75) is 75.9 Å². The molecule has 1 aliphatic carbocycles. The van der Waals surface area contributed by atoms with Gasteiger partial charge in [-0.25, -0.2) is 9.97 Å². The van der Waals surface area contributed by atoms with Crippen molar-refractivity contribution in [1.82, 2.24) is 15.3 Å². The summed E-state index contributed by atoms with van der Waals surface area (Å²) in [4.78, 5) is 23.1. The predicted molar refractivity (Wildman–Crippen MR) is 110 cm³/mol. The van der Waals surface area contributed by atoms with Crippen molar-refractivity contribution in [1.29, 1.82) is 0 Å². The Labute approximate surface area is 166 Å². The van der Waals surface area contributed by atoms with Gasteiger partial charge < -0.3 is 10.2 Å². The van der Waals surface area contributed by atoms with E-state index in [4.69, 9.17) is 11.6 Å². The minimum atomic E-state index is 0.0252. The van der Waals surface area contributed by atoms with Crippen LogP contribution in [0.15, 0.2) is 11.2 Å². The SMILES string of the molecule is CCCCCCNC(=O)CSc1nc(Cl)cc(N(C)C2CCCCC2)n1. The highest BCUT2D eigenvalue weighted by atomic mass is 35.5. The number of carbonyl (C=O) groups is 1. The molecule has 0 saturated heterocycles. The maximum atomic E-state index is 12.0. The van der Waals surface area contributed by atoms with Gasteiger partial charge in [0.1, 0.15) is 11.0 Å². The van der Waals surface area contributed by atoms with Crippen LogP contribution in [0.5, 0.6) is 0 Å². The number of hydrogen-bond donors (Lipinski definition) is 1. The molecule has 0 aromatic carbocycles. The Bertz CT molecular complexity index is 566. The lowest BCUT2D eigenvalue weighted by molar-refractivity contribution is -0.118. The Morgan fingerprint density at radius 2 is 2.04 bits per heavy atom. The van der Waals surface area contributed by atoms with Crippen LogP contribution in [0.2, 0.25) is 5.15 Å². The Hall–Kier alpha value is -1.01. The van der Waals surface area contributed by atoms with Gasteiger partial charge in [-0.15, -0.1) is 0 Å². The number of carbonyl (C=O) groups excluding carboxylic acids is 1. The Morgan fingerprint density at radius 1 is 1.27 bits per heavy atom. The zero-order valence-corrected chi connectivity index (χ0v) is 17.5. The molecule has 26 heavy (non-hydrogen) atoms. The highest BCUT2D eigenvalue weighted by Gasteiger charge is 2.20. The Balaban J connectivity index is 1.83. The fourth-order valence-corrected chi connectivity index (χ4v) is 4.16. The molecule has 146 valence electrons. The smallest absolute Gasteiger partial charge is 0.230 e. The molecule has 1 amide bonds. The van der Waals surface area contributed by atoms with E-state index >= 15 is 0 Å². The van der Waals surface area contributed by atoms with Crippen molar-refractivity contribution in [3.05, 3.63) is 11.2 Å². The van der Waals surface area contributed by atoms with E-state index in [2.05, 4.69) is 34.2 Å². The number of nitrogens with one attached hydrogen (secondary N) is 1. The first-order chi connectivity index (χ1) is 12.6. The number of halogens is 1. The summed E-state index contributed by atoms with van der Waals surface area (Å²) >= 11 is 7.53. The predicted octanol–water partition coefficient (Wildman–Crippen LogP) is 4.69. The molecule has 1 N–H and O–H groups in total. The number of amides is 1. The van der Waals surface area contributed by atoms with Gasteiger partial charge in [0.2, 0.25) is 5.91 Å². The Kier molecular flexibility index (Phi) is 9.54. The summed E-state index contributed by atoms with van der Waals surface area (Å²) in [5.41, 5.74) is 0. The molecular formula is C19H31ClN4OS. The largest absolute Gasteiger partial charge is 0.357 e. The minimum absolute atomic E-state index is 0.0252. The summed E-state index contributed by atoms with van der Waals surface area (Å²) in [6.45, 7) is 2.92. The third kappa shape index (κ3) is 7.31. The van der Waals surface area contributed by atoms with Crippen molar-refractivity contribution in [3.8, 4) is 0 Å². The fraction of sp³-hybridized carbons (Fsp3) is 0.737. The van der Waals surface area contributed by atoms with Crippen LogP contribution in [-0.2, 0) is 4.79 Å². The van der Waals surface area contributed by atoms with Crippen LogP contribution in [0.1, 0.15) is 64.7 Å². The van der Waals surface area contributed by atoms with Crippen LogP contribution in [-0.4, -0.2) is 41.3 Å². The van der Waals surface area contributed by atoms with E-state index in [1.165, 1.54) is 56.7 Å². The maximum absolute atomic E-state index is 12.0. The van der Waals surface area contributed by atoms with Crippen LogP contribution in [0.3, 0.4) is 0 Å². The van der Waals surface area contributed by atoms with Crippen molar-refractivity contribution in [2.75, 3.05) is 24.2 Å². The van der Waals surface area contributed by atoms with Gasteiger partial charge in [0.05, 0.1) is 5.75 Å². The first-order valence-corrected chi connectivity index (χ1v) is 11.1. The molecule has 0 radical (unpaired) electrons. The third-order valence-electron chi connectivity index (χ3n) is 4.83. The minimum Gasteiger partial charge on any atom is -0.357 e. The molecular weight excluding hydrogens is 368 g/mol. The summed E-state index contributed by atoms with van der Waals surface area (Å²) in [6.07, 6.45) is 10.9. The van der Waals surface area contributed by atoms with Crippen LogP contribution < -0.4 is 10.2 Å². The molecule has 0 atom stereocenters. The second-order valence-electron chi connectivity index (χ2n) is 6.93. The molecule has 2 rings (SSSR count). The lowest BCUT2D eigenvalue weighted by Crippen LogP contribution is -2.34. The van der Waals surface area contributed by atoms with Crippen molar-refractivity contribution in [2.24, 2.45) is 0 Å². The molecule has 0 spiro atoms. The topological polar surface area (TPSA) is 58.1 Å². The molecule has 1 fully saturated rings. The second-order valence-corrected chi connectivity index (χ2v) is 8.26. The number of hydrogen-bond acceptors (Lipinski definition) is 5. The molecule has 5 nitrogen and oxygen atoms in total. The summed E-state index contributed by atoms with van der Waals surface area (Å²) < 4.78 is 0. The van der Waals surface area contributed by atoms with Gasteiger partial charge in [-0.3, -0.25) is 4.79 Å². The monoisotopic (exact) mass is 398 g/mol. The van der Waals surface area contributed by atoms with Gasteiger partial charge >= 0.3 is 0 Å². The van der Waals surface area contributed by atoms with Crippen LogP contribution in [0, 0.1) is 0 Å². The summed E-state index contributed by atoms with van der Waals surface area (Å²) in [7, 11) is 2.08. The van der Waals surface area contributed by atoms with E-state index in [9.17, 15) is 4.79 Å². The molecule has 1 aromatic heterocycles. The number of nitrogens with zero attached hydrogens (tertiary/aromatic N) is 3. The average Bonchev–Trinajstić information content (AvgIpc) is 2.66. The normalized spacial score (nSPS) is 15.0. The second kappa shape index (κ2) is 11.7. The number of rotatable bonds is 10. The zero-order chi connectivity index (χ0) is 18.8. The fourth-order valence-electron chi connectivity index (χ4n) is 3.25. The maximum Gasteiger partial charge on any atom is 0.230 e. The van der Waals surface area contributed by atoms with Crippen molar-refractivity contribution < 1.29 is 4.79 Å². The van der Waals surface area contributed by atoms with E-state index in [0.29, 0.717) is 22.1 Å². The zero-order valence-electron chi connectivity index (χ0n) is 16.0. The first kappa shape index (κ1) is 21.3. The molecule has 1 aromatic rings. The molecule has 1 aliphatic rings. The molecule has 7 heteroatoms. The van der Waals surface area contributed by atoms with Gasteiger partial charge in [0.25, 0.3) is 0 Å². The quantitative estimate of drug-likeness (QED) is 0.268. The average molecular weight is 399 g/mol. The third-order valence-corrected chi connectivity index (χ3v) is 5.87. The van der Waals surface area contributed by atoms with Crippen LogP contribution in [0.25, 0.3) is 0 Å². The van der Waals surface area contributed by atoms with E-state index in [1.807, 2.05) is 6.07 Å². The van der Waals surface area contributed by atoms with E-state index < -0.39 is 0 Å². The highest BCUT2D eigenvalue weighted by molar-refractivity contribution is 7.99. The highest BCUT2D eigenvalue weighted by Crippen LogP contribution is 2.27. The lowest BCUT2D eigenvalue weighted by Gasteiger charge is -2.32. The number of thioether (sulfide) groups is 1. The van der Waals surface area contributed by atoms with E-state index in [1.54, 1.807) is 0 Å². The number of aromatic nitrogens is 2.